The highest BCUT2D eigenvalue weighted by Gasteiger charge is 2.13. The molecule has 0 unspecified atom stereocenters. The van der Waals surface area contributed by atoms with Crippen molar-refractivity contribution in [2.75, 3.05) is 12.4 Å². The normalized spacial score (nSPS) is 10.4. The van der Waals surface area contributed by atoms with Gasteiger partial charge in [0, 0.05) is 6.92 Å². The molecular weight excluding hydrogens is 258 g/mol. The maximum Gasteiger partial charge on any atom is 0.232 e. The molecule has 1 N–H and O–H groups in total. The van der Waals surface area contributed by atoms with E-state index < -0.39 is 0 Å². The zero-order valence-corrected chi connectivity index (χ0v) is 12.0. The van der Waals surface area contributed by atoms with Crippen LogP contribution in [0.25, 0.3) is 0 Å². The van der Waals surface area contributed by atoms with E-state index in [9.17, 15) is 4.79 Å². The zero-order valence-electron chi connectivity index (χ0n) is 12.0. The van der Waals surface area contributed by atoms with Crippen molar-refractivity contribution in [2.45, 2.75) is 27.3 Å². The molecule has 2 rings (SSSR count). The average molecular weight is 275 g/mol. The van der Waals surface area contributed by atoms with Gasteiger partial charge >= 0.3 is 0 Å². The Balaban J connectivity index is 2.27. The summed E-state index contributed by atoms with van der Waals surface area (Å²) in [4.78, 5) is 19.5. The smallest absolute Gasteiger partial charge is 0.232 e. The highest BCUT2D eigenvalue weighted by molar-refractivity contribution is 5.89. The van der Waals surface area contributed by atoms with Crippen LogP contribution in [-0.4, -0.2) is 32.8 Å². The second kappa shape index (κ2) is 5.68. The van der Waals surface area contributed by atoms with Gasteiger partial charge in [0.2, 0.25) is 11.8 Å². The Labute approximate surface area is 117 Å². The molecule has 0 fully saturated rings. The maximum atomic E-state index is 11.2. The molecule has 20 heavy (non-hydrogen) atoms. The molecule has 0 saturated carbocycles. The van der Waals surface area contributed by atoms with Gasteiger partial charge in [-0.05, 0) is 13.8 Å². The molecule has 0 spiro atoms. The molecule has 0 saturated heterocycles. The van der Waals surface area contributed by atoms with E-state index in [0.717, 1.165) is 22.8 Å². The largest absolute Gasteiger partial charge is 0.480 e. The van der Waals surface area contributed by atoms with Gasteiger partial charge in [0.1, 0.15) is 0 Å². The van der Waals surface area contributed by atoms with Crippen molar-refractivity contribution in [3.8, 4) is 5.88 Å². The van der Waals surface area contributed by atoms with E-state index in [2.05, 4.69) is 20.4 Å². The summed E-state index contributed by atoms with van der Waals surface area (Å²) in [6, 6.07) is 0. The van der Waals surface area contributed by atoms with Crippen molar-refractivity contribution >= 4 is 11.6 Å². The first-order valence-corrected chi connectivity index (χ1v) is 6.17. The molecule has 1 amide bonds. The Kier molecular flexibility index (Phi) is 3.97. The van der Waals surface area contributed by atoms with Gasteiger partial charge in [0.25, 0.3) is 0 Å². The number of rotatable bonds is 4. The Morgan fingerprint density at radius 1 is 1.40 bits per heavy atom. The molecule has 2 heterocycles. The maximum absolute atomic E-state index is 11.2. The summed E-state index contributed by atoms with van der Waals surface area (Å²) in [7, 11) is 1.55. The first-order chi connectivity index (χ1) is 9.51. The average Bonchev–Trinajstić information content (AvgIpc) is 2.66. The number of aromatic nitrogens is 4. The van der Waals surface area contributed by atoms with Gasteiger partial charge in [-0.1, -0.05) is 0 Å². The van der Waals surface area contributed by atoms with Gasteiger partial charge in [0.05, 0.1) is 48.8 Å². The van der Waals surface area contributed by atoms with Crippen LogP contribution in [0.2, 0.25) is 0 Å². The molecule has 0 aliphatic rings. The molecule has 2 aromatic heterocycles. The molecule has 0 aliphatic heterocycles. The predicted molar refractivity (Wildman–Crippen MR) is 73.7 cm³/mol. The molecule has 106 valence electrons. The highest BCUT2D eigenvalue weighted by atomic mass is 16.5. The van der Waals surface area contributed by atoms with Crippen LogP contribution < -0.4 is 10.1 Å². The van der Waals surface area contributed by atoms with E-state index in [0.29, 0.717) is 12.4 Å². The van der Waals surface area contributed by atoms with Gasteiger partial charge in [0.15, 0.2) is 0 Å². The van der Waals surface area contributed by atoms with Crippen LogP contribution in [0.4, 0.5) is 5.69 Å². The van der Waals surface area contributed by atoms with Crippen LogP contribution in [0.3, 0.4) is 0 Å². The number of carbonyl (C=O) groups excluding carboxylic acids is 1. The summed E-state index contributed by atoms with van der Waals surface area (Å²) in [6.45, 7) is 5.70. The molecule has 2 aromatic rings. The number of ether oxygens (including phenoxy) is 1. The first-order valence-electron chi connectivity index (χ1n) is 6.17. The van der Waals surface area contributed by atoms with Crippen LogP contribution in [0, 0.1) is 13.8 Å². The van der Waals surface area contributed by atoms with E-state index in [4.69, 9.17) is 4.74 Å². The minimum atomic E-state index is -0.114. The quantitative estimate of drug-likeness (QED) is 0.909. The molecule has 0 aromatic carbocycles. The summed E-state index contributed by atoms with van der Waals surface area (Å²) in [6.07, 6.45) is 3.21. The number of amides is 1. The lowest BCUT2D eigenvalue weighted by atomic mass is 10.3. The summed E-state index contributed by atoms with van der Waals surface area (Å²) >= 11 is 0. The highest BCUT2D eigenvalue weighted by Crippen LogP contribution is 2.20. The summed E-state index contributed by atoms with van der Waals surface area (Å²) < 4.78 is 6.83. The van der Waals surface area contributed by atoms with Crippen molar-refractivity contribution in [3.05, 3.63) is 29.5 Å². The number of anilines is 1. The van der Waals surface area contributed by atoms with E-state index in [1.807, 2.05) is 13.8 Å². The van der Waals surface area contributed by atoms with Crippen LogP contribution in [0.1, 0.15) is 24.0 Å². The van der Waals surface area contributed by atoms with Crippen LogP contribution in [0.15, 0.2) is 12.4 Å². The first kappa shape index (κ1) is 14.0. The molecule has 0 atom stereocenters. The SMILES string of the molecule is COc1cncc(Cn2nc(C)c(NC(C)=O)c2C)n1. The second-order valence-corrected chi connectivity index (χ2v) is 4.44. The van der Waals surface area contributed by atoms with Gasteiger partial charge in [-0.25, -0.2) is 4.98 Å². The Morgan fingerprint density at radius 2 is 2.15 bits per heavy atom. The van der Waals surface area contributed by atoms with Crippen LogP contribution in [0.5, 0.6) is 5.88 Å². The molecule has 0 bridgehead atoms. The van der Waals surface area contributed by atoms with E-state index in [1.54, 1.807) is 24.2 Å². The second-order valence-electron chi connectivity index (χ2n) is 4.44. The van der Waals surface area contributed by atoms with Crippen molar-refractivity contribution in [3.63, 3.8) is 0 Å². The Bertz CT molecular complexity index is 636. The van der Waals surface area contributed by atoms with Crippen molar-refractivity contribution in [2.24, 2.45) is 0 Å². The van der Waals surface area contributed by atoms with Gasteiger partial charge in [-0.2, -0.15) is 5.10 Å². The minimum Gasteiger partial charge on any atom is -0.480 e. The minimum absolute atomic E-state index is 0.114. The lowest BCUT2D eigenvalue weighted by Crippen LogP contribution is -2.09. The summed E-state index contributed by atoms with van der Waals surface area (Å²) in [5.74, 6) is 0.350. The number of hydrogen-bond acceptors (Lipinski definition) is 5. The third kappa shape index (κ3) is 2.93. The Morgan fingerprint density at radius 3 is 2.80 bits per heavy atom. The summed E-state index contributed by atoms with van der Waals surface area (Å²) in [5, 5.41) is 7.19. The number of nitrogens with one attached hydrogen (secondary N) is 1. The Hall–Kier alpha value is -2.44. The predicted octanol–water partition coefficient (Wildman–Crippen LogP) is 1.31. The lowest BCUT2D eigenvalue weighted by molar-refractivity contribution is -0.114. The third-order valence-corrected chi connectivity index (χ3v) is 2.87. The number of nitrogens with zero attached hydrogens (tertiary/aromatic N) is 4. The van der Waals surface area contributed by atoms with Gasteiger partial charge < -0.3 is 10.1 Å². The molecule has 0 radical (unpaired) electrons. The number of hydrogen-bond donors (Lipinski definition) is 1. The molecular formula is C13H17N5O2. The topological polar surface area (TPSA) is 81.9 Å². The molecule has 7 heteroatoms. The fraction of sp³-hybridized carbons (Fsp3) is 0.385. The van der Waals surface area contributed by atoms with Crippen molar-refractivity contribution in [1.29, 1.82) is 0 Å². The van der Waals surface area contributed by atoms with E-state index in [1.165, 1.54) is 6.92 Å². The zero-order chi connectivity index (χ0) is 14.7. The van der Waals surface area contributed by atoms with Crippen LogP contribution in [-0.2, 0) is 11.3 Å². The molecule has 0 aliphatic carbocycles. The number of carbonyl (C=O) groups is 1. The van der Waals surface area contributed by atoms with E-state index >= 15 is 0 Å². The summed E-state index contributed by atoms with van der Waals surface area (Å²) in [5.41, 5.74) is 3.13. The third-order valence-electron chi connectivity index (χ3n) is 2.87. The fourth-order valence-corrected chi connectivity index (χ4v) is 1.92. The lowest BCUT2D eigenvalue weighted by Gasteiger charge is -2.06. The monoisotopic (exact) mass is 275 g/mol. The van der Waals surface area contributed by atoms with Crippen molar-refractivity contribution in [1.82, 2.24) is 19.7 Å². The number of aryl methyl sites for hydroxylation is 1. The van der Waals surface area contributed by atoms with E-state index in [-0.39, 0.29) is 5.91 Å². The van der Waals surface area contributed by atoms with Crippen molar-refractivity contribution < 1.29 is 9.53 Å². The standard InChI is InChI=1S/C13H17N5O2/c1-8-13(15-10(3)19)9(2)18(17-8)7-11-5-14-6-12(16-11)20-4/h5-6H,7H2,1-4H3,(H,15,19). The molecule has 7 nitrogen and oxygen atoms in total. The fourth-order valence-electron chi connectivity index (χ4n) is 1.92. The van der Waals surface area contributed by atoms with Crippen LogP contribution >= 0.6 is 0 Å². The van der Waals surface area contributed by atoms with Gasteiger partial charge in [-0.15, -0.1) is 0 Å². The number of methoxy groups -OCH3 is 1. The van der Waals surface area contributed by atoms with Gasteiger partial charge in [-0.3, -0.25) is 14.5 Å².